The zero-order valence-corrected chi connectivity index (χ0v) is 7.78. The number of aromatic nitrogens is 1. The van der Waals surface area contributed by atoms with E-state index in [4.69, 9.17) is 11.0 Å². The first kappa shape index (κ1) is 9.33. The predicted octanol–water partition coefficient (Wildman–Crippen LogP) is 0.992. The topological polar surface area (TPSA) is 65.9 Å². The molecule has 1 aromatic heterocycles. The van der Waals surface area contributed by atoms with Crippen molar-refractivity contribution in [2.75, 3.05) is 24.2 Å². The summed E-state index contributed by atoms with van der Waals surface area (Å²) in [5.41, 5.74) is 6.75. The van der Waals surface area contributed by atoms with Gasteiger partial charge in [-0.05, 0) is 13.0 Å². The van der Waals surface area contributed by atoms with Crippen molar-refractivity contribution in [2.24, 2.45) is 0 Å². The number of nitrogens with two attached hydrogens (primary N) is 1. The van der Waals surface area contributed by atoms with Gasteiger partial charge in [0.1, 0.15) is 6.07 Å². The van der Waals surface area contributed by atoms with Crippen LogP contribution in [0.2, 0.25) is 0 Å². The van der Waals surface area contributed by atoms with Gasteiger partial charge in [0.25, 0.3) is 0 Å². The van der Waals surface area contributed by atoms with Gasteiger partial charge in [-0.15, -0.1) is 0 Å². The van der Waals surface area contributed by atoms with E-state index in [9.17, 15) is 0 Å². The number of pyridine rings is 1. The van der Waals surface area contributed by atoms with Gasteiger partial charge < -0.3 is 10.6 Å². The summed E-state index contributed by atoms with van der Waals surface area (Å²) in [4.78, 5) is 6.03. The van der Waals surface area contributed by atoms with E-state index in [1.165, 1.54) is 6.20 Å². The Morgan fingerprint density at radius 3 is 2.85 bits per heavy atom. The average molecular weight is 176 g/mol. The summed E-state index contributed by atoms with van der Waals surface area (Å²) in [5, 5.41) is 8.59. The Morgan fingerprint density at radius 2 is 2.38 bits per heavy atom. The molecule has 0 radical (unpaired) electrons. The Kier molecular flexibility index (Phi) is 2.70. The number of rotatable bonds is 2. The van der Waals surface area contributed by atoms with Crippen LogP contribution in [-0.4, -0.2) is 18.6 Å². The highest BCUT2D eigenvalue weighted by molar-refractivity contribution is 5.64. The lowest BCUT2D eigenvalue weighted by molar-refractivity contribution is 0.940. The lowest BCUT2D eigenvalue weighted by Crippen LogP contribution is -2.18. The summed E-state index contributed by atoms with van der Waals surface area (Å²) >= 11 is 0. The molecule has 0 aliphatic rings. The maximum atomic E-state index is 8.59. The third-order valence-electron chi connectivity index (χ3n) is 1.86. The van der Waals surface area contributed by atoms with Crippen molar-refractivity contribution >= 4 is 11.5 Å². The van der Waals surface area contributed by atoms with Crippen LogP contribution in [0.1, 0.15) is 12.5 Å². The van der Waals surface area contributed by atoms with E-state index in [1.807, 2.05) is 24.9 Å². The van der Waals surface area contributed by atoms with E-state index in [2.05, 4.69) is 4.98 Å². The number of nitrogen functional groups attached to an aromatic ring is 1. The van der Waals surface area contributed by atoms with Crippen LogP contribution in [0.15, 0.2) is 12.3 Å². The number of nitriles is 1. The first-order valence-corrected chi connectivity index (χ1v) is 4.05. The van der Waals surface area contributed by atoms with Crippen LogP contribution in [0.3, 0.4) is 0 Å². The first-order valence-electron chi connectivity index (χ1n) is 4.05. The molecule has 0 saturated heterocycles. The first-order chi connectivity index (χ1) is 6.19. The van der Waals surface area contributed by atoms with Crippen LogP contribution in [0.4, 0.5) is 11.5 Å². The van der Waals surface area contributed by atoms with Crippen molar-refractivity contribution < 1.29 is 0 Å². The molecule has 1 heterocycles. The molecule has 0 bridgehead atoms. The molecule has 0 amide bonds. The molecule has 0 aliphatic carbocycles. The van der Waals surface area contributed by atoms with Crippen LogP contribution in [0.5, 0.6) is 0 Å². The fourth-order valence-electron chi connectivity index (χ4n) is 1.00. The van der Waals surface area contributed by atoms with Crippen LogP contribution in [0, 0.1) is 11.3 Å². The number of hydrogen-bond donors (Lipinski definition) is 1. The largest absolute Gasteiger partial charge is 0.396 e. The maximum absolute atomic E-state index is 8.59. The van der Waals surface area contributed by atoms with Crippen molar-refractivity contribution in [3.8, 4) is 6.07 Å². The lowest BCUT2D eigenvalue weighted by atomic mass is 10.2. The van der Waals surface area contributed by atoms with Gasteiger partial charge in [0.2, 0.25) is 0 Å². The van der Waals surface area contributed by atoms with E-state index < -0.39 is 0 Å². The van der Waals surface area contributed by atoms with Crippen molar-refractivity contribution in [2.45, 2.75) is 6.92 Å². The van der Waals surface area contributed by atoms with E-state index in [0.717, 1.165) is 12.4 Å². The highest BCUT2D eigenvalue weighted by Crippen LogP contribution is 2.18. The van der Waals surface area contributed by atoms with Gasteiger partial charge in [-0.25, -0.2) is 4.98 Å². The molecule has 13 heavy (non-hydrogen) atoms. The molecule has 2 N–H and O–H groups in total. The Bertz CT molecular complexity index is 340. The molecular formula is C9H12N4. The molecule has 1 aromatic rings. The molecule has 68 valence electrons. The molecule has 0 unspecified atom stereocenters. The van der Waals surface area contributed by atoms with E-state index >= 15 is 0 Å². The fourth-order valence-corrected chi connectivity index (χ4v) is 1.00. The van der Waals surface area contributed by atoms with Crippen LogP contribution in [0.25, 0.3) is 0 Å². The minimum atomic E-state index is 0.491. The molecule has 4 heteroatoms. The third kappa shape index (κ3) is 1.88. The Labute approximate surface area is 77.6 Å². The molecule has 4 nitrogen and oxygen atoms in total. The monoisotopic (exact) mass is 176 g/mol. The second-order valence-corrected chi connectivity index (χ2v) is 2.76. The van der Waals surface area contributed by atoms with Gasteiger partial charge in [0.15, 0.2) is 5.82 Å². The highest BCUT2D eigenvalue weighted by atomic mass is 15.2. The van der Waals surface area contributed by atoms with Gasteiger partial charge in [-0.2, -0.15) is 5.26 Å². The molecule has 0 aliphatic heterocycles. The zero-order valence-electron chi connectivity index (χ0n) is 7.78. The SMILES string of the molecule is CCN(C)c1ncc(C#N)cc1N. The summed E-state index contributed by atoms with van der Waals surface area (Å²) in [6, 6.07) is 3.62. The fraction of sp³-hybridized carbons (Fsp3) is 0.333. The second-order valence-electron chi connectivity index (χ2n) is 2.76. The van der Waals surface area contributed by atoms with Crippen molar-refractivity contribution in [1.82, 2.24) is 4.98 Å². The molecule has 0 atom stereocenters. The summed E-state index contributed by atoms with van der Waals surface area (Å²) in [5.74, 6) is 0.724. The summed E-state index contributed by atoms with van der Waals surface area (Å²) < 4.78 is 0. The van der Waals surface area contributed by atoms with E-state index in [0.29, 0.717) is 11.3 Å². The minimum absolute atomic E-state index is 0.491. The molecule has 1 rings (SSSR count). The summed E-state index contributed by atoms with van der Waals surface area (Å²) in [6.07, 6.45) is 1.53. The maximum Gasteiger partial charge on any atom is 0.151 e. The molecule has 0 aromatic carbocycles. The molecule has 0 spiro atoms. The van der Waals surface area contributed by atoms with Crippen molar-refractivity contribution in [1.29, 1.82) is 5.26 Å². The highest BCUT2D eigenvalue weighted by Gasteiger charge is 2.05. The van der Waals surface area contributed by atoms with Gasteiger partial charge in [-0.1, -0.05) is 0 Å². The Morgan fingerprint density at radius 1 is 1.69 bits per heavy atom. The third-order valence-corrected chi connectivity index (χ3v) is 1.86. The predicted molar refractivity (Wildman–Crippen MR) is 52.3 cm³/mol. The molecular weight excluding hydrogens is 164 g/mol. The number of nitrogens with zero attached hydrogens (tertiary/aromatic N) is 3. The van der Waals surface area contributed by atoms with Gasteiger partial charge >= 0.3 is 0 Å². The van der Waals surface area contributed by atoms with Gasteiger partial charge in [0, 0.05) is 19.8 Å². The summed E-state index contributed by atoms with van der Waals surface area (Å²) in [7, 11) is 1.91. The van der Waals surface area contributed by atoms with E-state index in [1.54, 1.807) is 6.07 Å². The van der Waals surface area contributed by atoms with Gasteiger partial charge in [0.05, 0.1) is 11.3 Å². The minimum Gasteiger partial charge on any atom is -0.396 e. The number of anilines is 2. The summed E-state index contributed by atoms with van der Waals surface area (Å²) in [6.45, 7) is 2.85. The molecule has 0 fully saturated rings. The smallest absolute Gasteiger partial charge is 0.151 e. The second kappa shape index (κ2) is 3.76. The van der Waals surface area contributed by atoms with Crippen molar-refractivity contribution in [3.05, 3.63) is 17.8 Å². The zero-order chi connectivity index (χ0) is 9.84. The molecule has 0 saturated carbocycles. The Balaban J connectivity index is 3.07. The number of hydrogen-bond acceptors (Lipinski definition) is 4. The van der Waals surface area contributed by atoms with Gasteiger partial charge in [-0.3, -0.25) is 0 Å². The van der Waals surface area contributed by atoms with Crippen molar-refractivity contribution in [3.63, 3.8) is 0 Å². The van der Waals surface area contributed by atoms with Crippen LogP contribution >= 0.6 is 0 Å². The van der Waals surface area contributed by atoms with Crippen LogP contribution in [-0.2, 0) is 0 Å². The Hall–Kier alpha value is -1.76. The normalized spacial score (nSPS) is 9.31. The average Bonchev–Trinajstić information content (AvgIpc) is 2.16. The van der Waals surface area contributed by atoms with E-state index in [-0.39, 0.29) is 0 Å². The standard InChI is InChI=1S/C9H12N4/c1-3-13(2)9-8(11)4-7(5-10)6-12-9/h4,6H,3,11H2,1-2H3. The van der Waals surface area contributed by atoms with Crippen LogP contribution < -0.4 is 10.6 Å². The quantitative estimate of drug-likeness (QED) is 0.729. The lowest BCUT2D eigenvalue weighted by Gasteiger charge is -2.16.